The number of rotatable bonds is 4. The number of thioether (sulfide) groups is 1. The van der Waals surface area contributed by atoms with E-state index in [1.165, 1.54) is 16.7 Å². The number of thiazole rings is 1. The minimum atomic E-state index is -0.659. The molecular formula is C23H17BrN2O5S2. The third-order valence-electron chi connectivity index (χ3n) is 5.69. The Kier molecular flexibility index (Phi) is 5.75. The average molecular weight is 545 g/mol. The van der Waals surface area contributed by atoms with Crippen molar-refractivity contribution in [3.8, 4) is 0 Å². The van der Waals surface area contributed by atoms with E-state index < -0.39 is 23.1 Å². The predicted molar refractivity (Wildman–Crippen MR) is 129 cm³/mol. The van der Waals surface area contributed by atoms with Gasteiger partial charge in [-0.2, -0.15) is 0 Å². The van der Waals surface area contributed by atoms with Crippen LogP contribution in [0.15, 0.2) is 62.8 Å². The monoisotopic (exact) mass is 544 g/mol. The quantitative estimate of drug-likeness (QED) is 0.391. The highest BCUT2D eigenvalue weighted by molar-refractivity contribution is 9.10. The van der Waals surface area contributed by atoms with Crippen LogP contribution in [-0.4, -0.2) is 34.6 Å². The zero-order chi connectivity index (χ0) is 23.3. The number of carbonyl (C=O) groups excluding carboxylic acids is 3. The van der Waals surface area contributed by atoms with Crippen molar-refractivity contribution in [3.63, 3.8) is 0 Å². The van der Waals surface area contributed by atoms with Gasteiger partial charge in [0.05, 0.1) is 28.8 Å². The van der Waals surface area contributed by atoms with Crippen molar-refractivity contribution in [2.75, 3.05) is 11.5 Å². The summed E-state index contributed by atoms with van der Waals surface area (Å²) in [5.74, 6) is -2.17. The lowest BCUT2D eigenvalue weighted by atomic mass is 9.83. The summed E-state index contributed by atoms with van der Waals surface area (Å²) in [5, 5.41) is -0.0199. The van der Waals surface area contributed by atoms with E-state index in [1.54, 1.807) is 31.2 Å². The lowest BCUT2D eigenvalue weighted by molar-refractivity contribution is -0.122. The Labute approximate surface area is 205 Å². The molecule has 2 aliphatic heterocycles. The zero-order valence-corrected chi connectivity index (χ0v) is 20.5. The van der Waals surface area contributed by atoms with Crippen LogP contribution in [0.2, 0.25) is 0 Å². The van der Waals surface area contributed by atoms with Gasteiger partial charge in [0.1, 0.15) is 5.25 Å². The zero-order valence-electron chi connectivity index (χ0n) is 17.2. The lowest BCUT2D eigenvalue weighted by Gasteiger charge is -2.29. The molecule has 7 nitrogen and oxygen atoms in total. The minimum absolute atomic E-state index is 0.208. The molecule has 1 aromatic heterocycles. The van der Waals surface area contributed by atoms with Crippen LogP contribution in [0.4, 0.5) is 5.69 Å². The van der Waals surface area contributed by atoms with Gasteiger partial charge in [-0.1, -0.05) is 51.2 Å². The van der Waals surface area contributed by atoms with Gasteiger partial charge in [0.2, 0.25) is 11.8 Å². The van der Waals surface area contributed by atoms with Crippen molar-refractivity contribution < 1.29 is 19.1 Å². The fourth-order valence-corrected chi connectivity index (χ4v) is 7.04. The summed E-state index contributed by atoms with van der Waals surface area (Å²) < 4.78 is 5.90. The smallest absolute Gasteiger partial charge is 0.338 e. The molecule has 10 heteroatoms. The van der Waals surface area contributed by atoms with Gasteiger partial charge in [-0.05, 0) is 48.9 Å². The summed E-state index contributed by atoms with van der Waals surface area (Å²) in [4.78, 5) is 55.7. The highest BCUT2D eigenvalue weighted by Gasteiger charge is 2.56. The molecule has 0 radical (unpaired) electrons. The molecule has 5 rings (SSSR count). The predicted octanol–water partition coefficient (Wildman–Crippen LogP) is 4.17. The number of carbonyl (C=O) groups is 3. The molecule has 33 heavy (non-hydrogen) atoms. The van der Waals surface area contributed by atoms with Gasteiger partial charge in [-0.3, -0.25) is 14.4 Å². The molecule has 0 aliphatic carbocycles. The Morgan fingerprint density at radius 3 is 2.42 bits per heavy atom. The van der Waals surface area contributed by atoms with Gasteiger partial charge in [-0.25, -0.2) is 9.69 Å². The third kappa shape index (κ3) is 3.75. The van der Waals surface area contributed by atoms with Gasteiger partial charge in [0.25, 0.3) is 0 Å². The largest absolute Gasteiger partial charge is 0.462 e. The molecule has 3 atom stereocenters. The van der Waals surface area contributed by atoms with Gasteiger partial charge < -0.3 is 9.72 Å². The van der Waals surface area contributed by atoms with E-state index in [0.29, 0.717) is 16.3 Å². The molecule has 1 fully saturated rings. The maximum Gasteiger partial charge on any atom is 0.338 e. The van der Waals surface area contributed by atoms with Crippen LogP contribution in [0, 0.1) is 5.92 Å². The fraction of sp³-hybridized carbons (Fsp3) is 0.217. The molecule has 0 bridgehead atoms. The Balaban J connectivity index is 1.54. The minimum Gasteiger partial charge on any atom is -0.462 e. The molecular weight excluding hydrogens is 528 g/mol. The number of nitrogens with zero attached hydrogens (tertiary/aromatic N) is 1. The number of aromatic amines is 1. The maximum atomic E-state index is 13.6. The number of halogens is 1. The number of hydrogen-bond donors (Lipinski definition) is 1. The molecule has 1 N–H and O–H groups in total. The first kappa shape index (κ1) is 22.1. The van der Waals surface area contributed by atoms with E-state index in [9.17, 15) is 19.2 Å². The summed E-state index contributed by atoms with van der Waals surface area (Å²) in [6, 6.07) is 13.8. The number of hydrogen-bond acceptors (Lipinski definition) is 7. The molecule has 2 unspecified atom stereocenters. The van der Waals surface area contributed by atoms with Crippen molar-refractivity contribution >= 4 is 62.5 Å². The van der Waals surface area contributed by atoms with E-state index in [2.05, 4.69) is 20.9 Å². The lowest BCUT2D eigenvalue weighted by Crippen LogP contribution is -2.32. The number of esters is 1. The Hall–Kier alpha value is -2.69. The summed E-state index contributed by atoms with van der Waals surface area (Å²) in [6.07, 6.45) is 0. The number of benzene rings is 2. The van der Waals surface area contributed by atoms with Crippen LogP contribution < -0.4 is 9.77 Å². The number of ether oxygens (including phenoxy) is 1. The normalized spacial score (nSPS) is 21.6. The first-order valence-electron chi connectivity index (χ1n) is 10.2. The SMILES string of the molecule is CCOC(=O)c1ccc(N2C(=O)C3Sc4[nH]c(=O)sc4[C@H](c4ccc(Br)cc4)C3C2=O)cc1. The second-order valence-electron chi connectivity index (χ2n) is 7.58. The third-order valence-corrected chi connectivity index (χ3v) is 8.62. The molecule has 168 valence electrons. The maximum absolute atomic E-state index is 13.6. The van der Waals surface area contributed by atoms with Crippen molar-refractivity contribution in [1.29, 1.82) is 0 Å². The average Bonchev–Trinajstić information content (AvgIpc) is 3.29. The van der Waals surface area contributed by atoms with Crippen molar-refractivity contribution in [1.82, 2.24) is 4.98 Å². The number of nitrogens with one attached hydrogen (secondary N) is 1. The van der Waals surface area contributed by atoms with Crippen molar-refractivity contribution in [2.24, 2.45) is 5.92 Å². The summed E-state index contributed by atoms with van der Waals surface area (Å²) in [5.41, 5.74) is 1.61. The number of aromatic nitrogens is 1. The first-order valence-corrected chi connectivity index (χ1v) is 12.7. The summed E-state index contributed by atoms with van der Waals surface area (Å²) in [7, 11) is 0. The number of amides is 2. The van der Waals surface area contributed by atoms with Gasteiger partial charge in [-0.15, -0.1) is 0 Å². The van der Waals surface area contributed by atoms with Gasteiger partial charge >= 0.3 is 10.8 Å². The van der Waals surface area contributed by atoms with Crippen LogP contribution in [0.1, 0.15) is 33.6 Å². The molecule has 2 aliphatic rings. The van der Waals surface area contributed by atoms with Crippen LogP contribution in [-0.2, 0) is 14.3 Å². The highest BCUT2D eigenvalue weighted by Crippen LogP contribution is 2.53. The van der Waals surface area contributed by atoms with Crippen LogP contribution in [0.25, 0.3) is 0 Å². The summed E-state index contributed by atoms with van der Waals surface area (Å²) in [6.45, 7) is 1.98. The molecule has 2 aromatic carbocycles. The van der Waals surface area contributed by atoms with Crippen molar-refractivity contribution in [3.05, 3.63) is 78.7 Å². The van der Waals surface area contributed by atoms with E-state index in [1.807, 2.05) is 24.3 Å². The van der Waals surface area contributed by atoms with Crippen molar-refractivity contribution in [2.45, 2.75) is 23.1 Å². The Morgan fingerprint density at radius 2 is 1.76 bits per heavy atom. The Morgan fingerprint density at radius 1 is 1.06 bits per heavy atom. The number of fused-ring (bicyclic) bond motifs is 2. The molecule has 1 saturated heterocycles. The molecule has 2 amide bonds. The van der Waals surface area contributed by atoms with E-state index >= 15 is 0 Å². The van der Waals surface area contributed by atoms with Gasteiger partial charge in [0, 0.05) is 15.3 Å². The topological polar surface area (TPSA) is 96.5 Å². The molecule has 0 saturated carbocycles. The van der Waals surface area contributed by atoms with Gasteiger partial charge in [0.15, 0.2) is 0 Å². The Bertz CT molecular complexity index is 1320. The van der Waals surface area contributed by atoms with E-state index in [-0.39, 0.29) is 23.3 Å². The molecule has 3 aromatic rings. The van der Waals surface area contributed by atoms with E-state index in [0.717, 1.165) is 26.3 Å². The second kappa shape index (κ2) is 8.58. The number of anilines is 1. The number of H-pyrrole nitrogens is 1. The fourth-order valence-electron chi connectivity index (χ4n) is 4.26. The number of imide groups is 1. The summed E-state index contributed by atoms with van der Waals surface area (Å²) >= 11 is 5.74. The molecule has 0 spiro atoms. The van der Waals surface area contributed by atoms with Crippen LogP contribution >= 0.6 is 39.0 Å². The second-order valence-corrected chi connectivity index (χ2v) is 10.7. The van der Waals surface area contributed by atoms with Crippen LogP contribution in [0.5, 0.6) is 0 Å². The standard InChI is InChI=1S/C23H17BrN2O5S2/c1-2-31-22(29)12-5-9-14(10-6-12)26-20(27)16-15(11-3-7-13(24)8-4-11)17-19(25-23(30)33-17)32-18(16)21(26)28/h3-10,15-16,18H,2H2,1H3,(H,25,30)/t15-,16?,18?/m1/s1. The van der Waals surface area contributed by atoms with Crippen LogP contribution in [0.3, 0.4) is 0 Å². The first-order chi connectivity index (χ1) is 15.9. The molecule has 3 heterocycles. The van der Waals surface area contributed by atoms with E-state index in [4.69, 9.17) is 4.74 Å². The highest BCUT2D eigenvalue weighted by atomic mass is 79.9.